The normalized spacial score (nSPS) is 27.7. The zero-order chi connectivity index (χ0) is 16.9. The van der Waals surface area contributed by atoms with Crippen LogP contribution >= 0.6 is 0 Å². The quantitative estimate of drug-likeness (QED) is 0.384. The molecular weight excluding hydrogens is 310 g/mol. The highest BCUT2D eigenvalue weighted by Gasteiger charge is 2.44. The summed E-state index contributed by atoms with van der Waals surface area (Å²) in [4.78, 5) is 34.4. The molecule has 0 aliphatic carbocycles. The van der Waals surface area contributed by atoms with Crippen LogP contribution in [0.25, 0.3) is 11.2 Å². The molecule has 1 aliphatic heterocycles. The summed E-state index contributed by atoms with van der Waals surface area (Å²) in [6.45, 7) is 0.830. The lowest BCUT2D eigenvalue weighted by Crippen LogP contribution is -2.37. The molecule has 0 bridgehead atoms. The average Bonchev–Trinajstić information content (AvgIpc) is 2.77. The molecule has 23 heavy (non-hydrogen) atoms. The molecule has 11 heteroatoms. The summed E-state index contributed by atoms with van der Waals surface area (Å²) in [5.41, 5.74) is 3.81. The molecule has 6 N–H and O–H groups in total. The number of ether oxygens (including phenoxy) is 1. The molecule has 0 amide bonds. The first-order chi connectivity index (χ1) is 10.8. The number of fused-ring (bicyclic) bond motifs is 1. The van der Waals surface area contributed by atoms with E-state index >= 15 is 0 Å². The van der Waals surface area contributed by atoms with Crippen LogP contribution in [-0.2, 0) is 4.74 Å². The van der Waals surface area contributed by atoms with Crippen molar-refractivity contribution in [1.82, 2.24) is 19.5 Å². The Morgan fingerprint density at radius 1 is 1.30 bits per heavy atom. The number of hydrogen-bond donors (Lipinski definition) is 5. The topological polar surface area (TPSA) is 177 Å². The van der Waals surface area contributed by atoms with Crippen LogP contribution in [0, 0.1) is 6.92 Å². The number of aliphatic hydroxyl groups is 3. The number of anilines is 1. The van der Waals surface area contributed by atoms with Gasteiger partial charge in [0.15, 0.2) is 17.4 Å². The smallest absolute Gasteiger partial charge is 0.280 e. The first-order valence-corrected chi connectivity index (χ1v) is 6.76. The van der Waals surface area contributed by atoms with E-state index in [1.54, 1.807) is 0 Å². The van der Waals surface area contributed by atoms with Crippen molar-refractivity contribution in [1.29, 1.82) is 0 Å². The second-order valence-corrected chi connectivity index (χ2v) is 5.22. The van der Waals surface area contributed by atoms with Gasteiger partial charge < -0.3 is 25.8 Å². The SMILES string of the molecule is Cc1nc2c(=O)[nH]c(N)nc2n([C@@H]2O[C@H](CO)[C@@H](O)[C@H]2O)c1=O. The second-order valence-electron chi connectivity index (χ2n) is 5.22. The number of nitrogens with two attached hydrogens (primary N) is 1. The number of aromatic nitrogens is 4. The number of nitrogens with zero attached hydrogens (tertiary/aromatic N) is 3. The first kappa shape index (κ1) is 15.6. The minimum Gasteiger partial charge on any atom is -0.394 e. The number of nitrogen functional groups attached to an aromatic ring is 1. The van der Waals surface area contributed by atoms with Gasteiger partial charge in [-0.05, 0) is 6.92 Å². The Kier molecular flexibility index (Phi) is 3.64. The molecule has 1 saturated heterocycles. The fourth-order valence-electron chi connectivity index (χ4n) is 2.56. The van der Waals surface area contributed by atoms with E-state index in [-0.39, 0.29) is 22.8 Å². The Morgan fingerprint density at radius 3 is 2.61 bits per heavy atom. The summed E-state index contributed by atoms with van der Waals surface area (Å²) in [6, 6.07) is 0. The molecule has 1 fully saturated rings. The van der Waals surface area contributed by atoms with Crippen molar-refractivity contribution in [2.75, 3.05) is 12.3 Å². The molecule has 0 spiro atoms. The monoisotopic (exact) mass is 325 g/mol. The number of H-pyrrole nitrogens is 1. The molecule has 2 aromatic heterocycles. The van der Waals surface area contributed by atoms with E-state index < -0.39 is 42.3 Å². The molecule has 0 saturated carbocycles. The van der Waals surface area contributed by atoms with Gasteiger partial charge in [0.2, 0.25) is 5.95 Å². The number of rotatable bonds is 2. The average molecular weight is 325 g/mol. The van der Waals surface area contributed by atoms with Crippen LogP contribution in [0.3, 0.4) is 0 Å². The third-order valence-electron chi connectivity index (χ3n) is 3.70. The summed E-state index contributed by atoms with van der Waals surface area (Å²) >= 11 is 0. The molecule has 0 radical (unpaired) electrons. The highest BCUT2D eigenvalue weighted by Crippen LogP contribution is 2.29. The minimum atomic E-state index is -1.50. The highest BCUT2D eigenvalue weighted by molar-refractivity contribution is 5.70. The predicted molar refractivity (Wildman–Crippen MR) is 76.6 cm³/mol. The zero-order valence-electron chi connectivity index (χ0n) is 12.0. The van der Waals surface area contributed by atoms with E-state index in [1.165, 1.54) is 6.92 Å². The van der Waals surface area contributed by atoms with Gasteiger partial charge in [-0.3, -0.25) is 19.1 Å². The van der Waals surface area contributed by atoms with Crippen LogP contribution in [0.4, 0.5) is 5.95 Å². The molecule has 2 aromatic rings. The largest absolute Gasteiger partial charge is 0.394 e. The van der Waals surface area contributed by atoms with Crippen LogP contribution in [0.15, 0.2) is 9.59 Å². The van der Waals surface area contributed by atoms with Crippen molar-refractivity contribution in [3.63, 3.8) is 0 Å². The fourth-order valence-corrected chi connectivity index (χ4v) is 2.56. The maximum atomic E-state index is 12.4. The van der Waals surface area contributed by atoms with E-state index in [4.69, 9.17) is 15.6 Å². The third-order valence-corrected chi connectivity index (χ3v) is 3.70. The van der Waals surface area contributed by atoms with Crippen molar-refractivity contribution in [2.45, 2.75) is 31.5 Å². The lowest BCUT2D eigenvalue weighted by atomic mass is 10.1. The number of nitrogens with one attached hydrogen (secondary N) is 1. The van der Waals surface area contributed by atoms with Crippen LogP contribution in [0.5, 0.6) is 0 Å². The molecule has 3 heterocycles. The standard InChI is InChI=1S/C12H15N5O6/c1-3-10(22)17(11-7(20)6(19)4(2-18)23-11)8-5(14-3)9(21)16-12(13)15-8/h4,6-7,11,18-20H,2H2,1H3,(H3,13,15,16,21)/t4-,6-,7-,11-/m1/s1. The van der Waals surface area contributed by atoms with Gasteiger partial charge in [-0.25, -0.2) is 4.98 Å². The van der Waals surface area contributed by atoms with Crippen LogP contribution in [0.2, 0.25) is 0 Å². The van der Waals surface area contributed by atoms with Crippen molar-refractivity contribution >= 4 is 17.1 Å². The summed E-state index contributed by atoms with van der Waals surface area (Å²) < 4.78 is 6.25. The van der Waals surface area contributed by atoms with Crippen molar-refractivity contribution in [3.8, 4) is 0 Å². The van der Waals surface area contributed by atoms with Gasteiger partial charge in [-0.2, -0.15) is 4.98 Å². The molecule has 0 aromatic carbocycles. The van der Waals surface area contributed by atoms with Gasteiger partial charge >= 0.3 is 0 Å². The van der Waals surface area contributed by atoms with Crippen LogP contribution in [-0.4, -0.2) is 59.8 Å². The van der Waals surface area contributed by atoms with E-state index in [9.17, 15) is 19.8 Å². The number of aliphatic hydroxyl groups excluding tert-OH is 3. The number of hydrogen-bond acceptors (Lipinski definition) is 9. The Labute approximate surface area is 128 Å². The maximum absolute atomic E-state index is 12.4. The van der Waals surface area contributed by atoms with Crippen LogP contribution < -0.4 is 16.9 Å². The van der Waals surface area contributed by atoms with Gasteiger partial charge in [0.25, 0.3) is 11.1 Å². The van der Waals surface area contributed by atoms with Gasteiger partial charge in [0, 0.05) is 0 Å². The number of aryl methyl sites for hydroxylation is 1. The minimum absolute atomic E-state index is 0.0210. The van der Waals surface area contributed by atoms with E-state index in [0.717, 1.165) is 4.57 Å². The van der Waals surface area contributed by atoms with Gasteiger partial charge in [-0.1, -0.05) is 0 Å². The summed E-state index contributed by atoms with van der Waals surface area (Å²) in [6.07, 6.45) is -5.32. The second kappa shape index (κ2) is 5.38. The van der Waals surface area contributed by atoms with Crippen LogP contribution in [0.1, 0.15) is 11.9 Å². The van der Waals surface area contributed by atoms with Gasteiger partial charge in [-0.15, -0.1) is 0 Å². The zero-order valence-corrected chi connectivity index (χ0v) is 12.0. The Hall–Kier alpha value is -2.34. The first-order valence-electron chi connectivity index (χ1n) is 6.76. The molecule has 124 valence electrons. The Balaban J connectivity index is 2.31. The van der Waals surface area contributed by atoms with E-state index in [2.05, 4.69) is 15.0 Å². The fraction of sp³-hybridized carbons (Fsp3) is 0.500. The molecule has 3 rings (SSSR count). The lowest BCUT2D eigenvalue weighted by molar-refractivity contribution is -0.0526. The molecule has 0 unspecified atom stereocenters. The molecule has 11 nitrogen and oxygen atoms in total. The highest BCUT2D eigenvalue weighted by atomic mass is 16.6. The third kappa shape index (κ3) is 2.30. The Bertz CT molecular complexity index is 877. The van der Waals surface area contributed by atoms with Gasteiger partial charge in [0.05, 0.1) is 6.61 Å². The van der Waals surface area contributed by atoms with Crippen molar-refractivity contribution in [3.05, 3.63) is 26.4 Å². The molecule has 4 atom stereocenters. The lowest BCUT2D eigenvalue weighted by Gasteiger charge is -2.19. The van der Waals surface area contributed by atoms with Gasteiger partial charge in [0.1, 0.15) is 24.0 Å². The van der Waals surface area contributed by atoms with E-state index in [1.807, 2.05) is 0 Å². The maximum Gasteiger partial charge on any atom is 0.280 e. The number of aromatic amines is 1. The van der Waals surface area contributed by atoms with Crippen molar-refractivity contribution in [2.24, 2.45) is 0 Å². The predicted octanol–water partition coefficient (Wildman–Crippen LogP) is -3.02. The molecule has 1 aliphatic rings. The summed E-state index contributed by atoms with van der Waals surface area (Å²) in [5, 5.41) is 29.1. The Morgan fingerprint density at radius 2 is 2.00 bits per heavy atom. The summed E-state index contributed by atoms with van der Waals surface area (Å²) in [7, 11) is 0. The van der Waals surface area contributed by atoms with E-state index in [0.29, 0.717) is 0 Å². The van der Waals surface area contributed by atoms with Crippen molar-refractivity contribution < 1.29 is 20.1 Å². The molecular formula is C12H15N5O6. The summed E-state index contributed by atoms with van der Waals surface area (Å²) in [5.74, 6) is -0.243.